The number of ketones is 1. The standard InChI is InChI=1S/C29H28N2O4/c1-18-10-11-30-14-26(18)28(32)19-12-20-15-34-16-21(13-19)31(20)29(33)35-17-27-24-8-4-2-6-22(24)23-7-3-5-9-25(23)27/h2-11,14,19-21,27H,12-13,15-17H2,1H3. The van der Waals surface area contributed by atoms with E-state index in [4.69, 9.17) is 9.47 Å². The quantitative estimate of drug-likeness (QED) is 0.504. The zero-order valence-corrected chi connectivity index (χ0v) is 19.7. The Kier molecular flexibility index (Phi) is 5.61. The number of pyridine rings is 1. The first-order valence-corrected chi connectivity index (χ1v) is 12.3. The molecule has 3 aliphatic rings. The second-order valence-corrected chi connectivity index (χ2v) is 9.78. The van der Waals surface area contributed by atoms with Crippen LogP contribution in [-0.4, -0.2) is 53.7 Å². The highest BCUT2D eigenvalue weighted by Crippen LogP contribution is 2.44. The summed E-state index contributed by atoms with van der Waals surface area (Å²) in [6.45, 7) is 3.08. The maximum Gasteiger partial charge on any atom is 0.410 e. The average Bonchev–Trinajstić information content (AvgIpc) is 3.20. The van der Waals surface area contributed by atoms with Crippen molar-refractivity contribution in [2.45, 2.75) is 37.8 Å². The van der Waals surface area contributed by atoms with Gasteiger partial charge in [-0.25, -0.2) is 4.79 Å². The molecule has 2 aliphatic heterocycles. The van der Waals surface area contributed by atoms with Gasteiger partial charge in [0, 0.05) is 29.8 Å². The van der Waals surface area contributed by atoms with E-state index in [1.807, 2.05) is 42.2 Å². The van der Waals surface area contributed by atoms with Crippen LogP contribution in [0.5, 0.6) is 0 Å². The summed E-state index contributed by atoms with van der Waals surface area (Å²) in [5.41, 5.74) is 6.41. The number of carbonyl (C=O) groups is 2. The van der Waals surface area contributed by atoms with Crippen LogP contribution in [0.2, 0.25) is 0 Å². The van der Waals surface area contributed by atoms with Gasteiger partial charge in [0.1, 0.15) is 6.61 Å². The van der Waals surface area contributed by atoms with Gasteiger partial charge in [-0.3, -0.25) is 14.7 Å². The maximum absolute atomic E-state index is 13.3. The van der Waals surface area contributed by atoms with E-state index in [0.717, 1.165) is 5.56 Å². The maximum atomic E-state index is 13.3. The molecule has 6 nitrogen and oxygen atoms in total. The van der Waals surface area contributed by atoms with Gasteiger partial charge in [-0.15, -0.1) is 0 Å². The number of Topliss-reactive ketones (excluding diaryl/α,β-unsaturated/α-hetero) is 1. The van der Waals surface area contributed by atoms with Crippen molar-refractivity contribution in [3.63, 3.8) is 0 Å². The van der Waals surface area contributed by atoms with E-state index in [9.17, 15) is 9.59 Å². The minimum atomic E-state index is -0.311. The molecular formula is C29H28N2O4. The number of amides is 1. The lowest BCUT2D eigenvalue weighted by Crippen LogP contribution is -2.60. The molecule has 1 aromatic heterocycles. The van der Waals surface area contributed by atoms with Gasteiger partial charge in [-0.1, -0.05) is 48.5 Å². The number of benzene rings is 2. The molecule has 35 heavy (non-hydrogen) atoms. The van der Waals surface area contributed by atoms with Crippen molar-refractivity contribution in [2.75, 3.05) is 19.8 Å². The topological polar surface area (TPSA) is 68.7 Å². The number of hydrogen-bond donors (Lipinski definition) is 0. The van der Waals surface area contributed by atoms with Crippen LogP contribution in [0, 0.1) is 12.8 Å². The Bertz CT molecular complexity index is 1230. The molecule has 0 N–H and O–H groups in total. The minimum Gasteiger partial charge on any atom is -0.448 e. The smallest absolute Gasteiger partial charge is 0.410 e. The monoisotopic (exact) mass is 468 g/mol. The van der Waals surface area contributed by atoms with Crippen LogP contribution in [0.4, 0.5) is 4.79 Å². The highest BCUT2D eigenvalue weighted by Gasteiger charge is 2.45. The molecule has 0 spiro atoms. The molecule has 2 unspecified atom stereocenters. The molecule has 3 aromatic rings. The van der Waals surface area contributed by atoms with Crippen LogP contribution in [-0.2, 0) is 9.47 Å². The van der Waals surface area contributed by atoms with Crippen LogP contribution in [0.3, 0.4) is 0 Å². The number of aryl methyl sites for hydroxylation is 1. The Hall–Kier alpha value is -3.51. The molecule has 2 atom stereocenters. The molecule has 1 aliphatic carbocycles. The second kappa shape index (κ2) is 8.93. The number of piperidine rings is 1. The van der Waals surface area contributed by atoms with Gasteiger partial charge >= 0.3 is 6.09 Å². The van der Waals surface area contributed by atoms with Gasteiger partial charge in [-0.05, 0) is 53.6 Å². The van der Waals surface area contributed by atoms with Gasteiger partial charge in [-0.2, -0.15) is 0 Å². The predicted molar refractivity (Wildman–Crippen MR) is 131 cm³/mol. The average molecular weight is 469 g/mol. The molecule has 2 aromatic carbocycles. The number of nitrogens with zero attached hydrogens (tertiary/aromatic N) is 2. The SMILES string of the molecule is Cc1ccncc1C(=O)C1CC2COCC(C1)N2C(=O)OCC1c2ccccc2-c2ccccc21. The Balaban J connectivity index is 1.17. The third-order valence-corrected chi connectivity index (χ3v) is 7.74. The number of carbonyl (C=O) groups excluding carboxylic acids is 2. The van der Waals surface area contributed by atoms with E-state index < -0.39 is 0 Å². The fraction of sp³-hybridized carbons (Fsp3) is 0.345. The normalized spacial score (nSPS) is 22.9. The van der Waals surface area contributed by atoms with Crippen molar-refractivity contribution in [3.05, 3.63) is 89.2 Å². The molecule has 2 bridgehead atoms. The molecule has 2 saturated heterocycles. The third-order valence-electron chi connectivity index (χ3n) is 7.74. The number of rotatable bonds is 4. The molecule has 0 radical (unpaired) electrons. The van der Waals surface area contributed by atoms with Crippen LogP contribution in [0.1, 0.15) is 45.8 Å². The van der Waals surface area contributed by atoms with Crippen LogP contribution < -0.4 is 0 Å². The molecular weight excluding hydrogens is 440 g/mol. The fourth-order valence-corrected chi connectivity index (χ4v) is 6.04. The van der Waals surface area contributed by atoms with Gasteiger partial charge in [0.15, 0.2) is 5.78 Å². The molecule has 2 fully saturated rings. The molecule has 6 rings (SSSR count). The van der Waals surface area contributed by atoms with Crippen molar-refractivity contribution in [2.24, 2.45) is 5.92 Å². The number of aromatic nitrogens is 1. The predicted octanol–water partition coefficient (Wildman–Crippen LogP) is 5.00. The highest BCUT2D eigenvalue weighted by atomic mass is 16.6. The summed E-state index contributed by atoms with van der Waals surface area (Å²) in [7, 11) is 0. The first-order valence-electron chi connectivity index (χ1n) is 12.3. The van der Waals surface area contributed by atoms with E-state index in [0.29, 0.717) is 38.2 Å². The lowest BCUT2D eigenvalue weighted by molar-refractivity contribution is -0.0747. The molecule has 0 saturated carbocycles. The number of fused-ring (bicyclic) bond motifs is 5. The van der Waals surface area contributed by atoms with E-state index in [1.54, 1.807) is 12.4 Å². The highest BCUT2D eigenvalue weighted by molar-refractivity contribution is 5.99. The minimum absolute atomic E-state index is 0.0233. The van der Waals surface area contributed by atoms with Crippen molar-refractivity contribution in [1.82, 2.24) is 9.88 Å². The van der Waals surface area contributed by atoms with Crippen LogP contribution in [0.15, 0.2) is 67.0 Å². The van der Waals surface area contributed by atoms with Crippen molar-refractivity contribution >= 4 is 11.9 Å². The first kappa shape index (κ1) is 22.0. The first-order chi connectivity index (χ1) is 17.1. The fourth-order valence-electron chi connectivity index (χ4n) is 6.04. The summed E-state index contributed by atoms with van der Waals surface area (Å²) in [5.74, 6) is -0.00997. The zero-order valence-electron chi connectivity index (χ0n) is 19.7. The largest absolute Gasteiger partial charge is 0.448 e. The van der Waals surface area contributed by atoms with E-state index in [2.05, 4.69) is 29.2 Å². The lowest BCUT2D eigenvalue weighted by Gasteiger charge is -2.47. The van der Waals surface area contributed by atoms with Crippen molar-refractivity contribution in [3.8, 4) is 11.1 Å². The molecule has 1 amide bonds. The van der Waals surface area contributed by atoms with Crippen LogP contribution >= 0.6 is 0 Å². The summed E-state index contributed by atoms with van der Waals surface area (Å²) < 4.78 is 11.7. The molecule has 3 heterocycles. The van der Waals surface area contributed by atoms with Gasteiger partial charge in [0.2, 0.25) is 0 Å². The Labute approximate surface area is 204 Å². The summed E-state index contributed by atoms with van der Waals surface area (Å²) in [6.07, 6.45) is 4.20. The summed E-state index contributed by atoms with van der Waals surface area (Å²) >= 11 is 0. The summed E-state index contributed by atoms with van der Waals surface area (Å²) in [4.78, 5) is 32.6. The molecule has 6 heteroatoms. The van der Waals surface area contributed by atoms with Gasteiger partial charge in [0.25, 0.3) is 0 Å². The van der Waals surface area contributed by atoms with Gasteiger partial charge in [0.05, 0.1) is 25.3 Å². The zero-order chi connectivity index (χ0) is 23.9. The Morgan fingerprint density at radius 1 is 0.971 bits per heavy atom. The van der Waals surface area contributed by atoms with Crippen LogP contribution in [0.25, 0.3) is 11.1 Å². The summed E-state index contributed by atoms with van der Waals surface area (Å²) in [6, 6.07) is 18.2. The number of ether oxygens (including phenoxy) is 2. The third kappa shape index (κ3) is 3.82. The number of morpholine rings is 1. The Morgan fingerprint density at radius 2 is 1.60 bits per heavy atom. The Morgan fingerprint density at radius 3 is 2.23 bits per heavy atom. The lowest BCUT2D eigenvalue weighted by atomic mass is 9.80. The second-order valence-electron chi connectivity index (χ2n) is 9.78. The van der Waals surface area contributed by atoms with E-state index in [-0.39, 0.29) is 35.8 Å². The molecule has 178 valence electrons. The van der Waals surface area contributed by atoms with Crippen molar-refractivity contribution < 1.29 is 19.1 Å². The van der Waals surface area contributed by atoms with E-state index >= 15 is 0 Å². The van der Waals surface area contributed by atoms with Gasteiger partial charge < -0.3 is 9.47 Å². The summed E-state index contributed by atoms with van der Waals surface area (Å²) in [5, 5.41) is 0. The van der Waals surface area contributed by atoms with Crippen molar-refractivity contribution in [1.29, 1.82) is 0 Å². The number of hydrogen-bond acceptors (Lipinski definition) is 5. The van der Waals surface area contributed by atoms with E-state index in [1.165, 1.54) is 22.3 Å².